The number of hydrogen-bond donors (Lipinski definition) is 1. The summed E-state index contributed by atoms with van der Waals surface area (Å²) < 4.78 is 44.6. The first-order chi connectivity index (χ1) is 16.1. The van der Waals surface area contributed by atoms with Crippen LogP contribution in [0, 0.1) is 5.82 Å². The maximum absolute atomic E-state index is 13.3. The Morgan fingerprint density at radius 1 is 1.09 bits per heavy atom. The lowest BCUT2D eigenvalue weighted by molar-refractivity contribution is -0.140. The van der Waals surface area contributed by atoms with Gasteiger partial charge in [0.25, 0.3) is 0 Å². The monoisotopic (exact) mass is 493 g/mol. The molecule has 0 bridgehead atoms. The normalized spacial score (nSPS) is 12.0. The van der Waals surface area contributed by atoms with E-state index in [4.69, 9.17) is 4.74 Å². The third kappa shape index (κ3) is 7.72. The van der Waals surface area contributed by atoms with Gasteiger partial charge in [0.1, 0.15) is 17.6 Å². The zero-order valence-electron chi connectivity index (χ0n) is 20.0. The quantitative estimate of drug-likeness (QED) is 0.491. The summed E-state index contributed by atoms with van der Waals surface area (Å²) in [6.07, 6.45) is 1.39. The fourth-order valence-corrected chi connectivity index (χ4v) is 4.42. The smallest absolute Gasteiger partial charge is 0.242 e. The van der Waals surface area contributed by atoms with Crippen LogP contribution in [0.25, 0.3) is 0 Å². The first kappa shape index (κ1) is 27.1. The molecule has 8 nitrogen and oxygen atoms in total. The van der Waals surface area contributed by atoms with Crippen LogP contribution in [-0.2, 0) is 26.2 Å². The number of anilines is 1. The molecule has 0 radical (unpaired) electrons. The molecule has 1 N–H and O–H groups in total. The molecule has 0 spiro atoms. The van der Waals surface area contributed by atoms with Crippen molar-refractivity contribution in [3.63, 3.8) is 0 Å². The Labute approximate surface area is 200 Å². The van der Waals surface area contributed by atoms with E-state index in [0.717, 1.165) is 6.26 Å². The van der Waals surface area contributed by atoms with Gasteiger partial charge in [-0.2, -0.15) is 0 Å². The van der Waals surface area contributed by atoms with Gasteiger partial charge in [0.2, 0.25) is 21.8 Å². The SMILES string of the molecule is CCOc1ccc(N(CCCC(=O)N(Cc2ccc(F)cc2)C(C)C(=O)NC)S(C)(=O)=O)cc1. The van der Waals surface area contributed by atoms with Gasteiger partial charge < -0.3 is 15.0 Å². The van der Waals surface area contributed by atoms with Crippen molar-refractivity contribution in [1.82, 2.24) is 10.2 Å². The number of nitrogens with one attached hydrogen (secondary N) is 1. The molecule has 0 aliphatic heterocycles. The molecule has 34 heavy (non-hydrogen) atoms. The lowest BCUT2D eigenvalue weighted by atomic mass is 10.1. The van der Waals surface area contributed by atoms with Crippen LogP contribution >= 0.6 is 0 Å². The van der Waals surface area contributed by atoms with E-state index in [-0.39, 0.29) is 37.7 Å². The van der Waals surface area contributed by atoms with E-state index in [1.807, 2.05) is 6.92 Å². The molecule has 0 aliphatic rings. The highest BCUT2D eigenvalue weighted by Gasteiger charge is 2.26. The molecule has 0 fully saturated rings. The van der Waals surface area contributed by atoms with Gasteiger partial charge in [0.15, 0.2) is 0 Å². The molecular formula is C24H32FN3O5S. The highest BCUT2D eigenvalue weighted by atomic mass is 32.2. The molecule has 0 aromatic heterocycles. The van der Waals surface area contributed by atoms with Crippen LogP contribution in [0.2, 0.25) is 0 Å². The first-order valence-corrected chi connectivity index (χ1v) is 12.9. The molecule has 0 saturated heterocycles. The van der Waals surface area contributed by atoms with Crippen LogP contribution in [-0.4, -0.2) is 57.6 Å². The van der Waals surface area contributed by atoms with E-state index in [9.17, 15) is 22.4 Å². The average molecular weight is 494 g/mol. The molecule has 10 heteroatoms. The van der Waals surface area contributed by atoms with E-state index >= 15 is 0 Å². The fraction of sp³-hybridized carbons (Fsp3) is 0.417. The third-order valence-electron chi connectivity index (χ3n) is 5.27. The molecular weight excluding hydrogens is 461 g/mol. The zero-order valence-corrected chi connectivity index (χ0v) is 20.8. The molecule has 0 saturated carbocycles. The number of likely N-dealkylation sites (N-methyl/N-ethyl adjacent to an activating group) is 1. The predicted octanol–water partition coefficient (Wildman–Crippen LogP) is 2.93. The molecule has 2 amide bonds. The molecule has 0 heterocycles. The van der Waals surface area contributed by atoms with Gasteiger partial charge in [0, 0.05) is 26.6 Å². The summed E-state index contributed by atoms with van der Waals surface area (Å²) in [5, 5.41) is 2.53. The second-order valence-corrected chi connectivity index (χ2v) is 9.71. The molecule has 186 valence electrons. The van der Waals surface area contributed by atoms with Crippen molar-refractivity contribution in [3.05, 3.63) is 59.9 Å². The Bertz CT molecular complexity index is 1060. The Kier molecular flexibility index (Phi) is 9.85. The summed E-state index contributed by atoms with van der Waals surface area (Å²) in [7, 11) is -2.09. The minimum Gasteiger partial charge on any atom is -0.494 e. The predicted molar refractivity (Wildman–Crippen MR) is 130 cm³/mol. The number of nitrogens with zero attached hydrogens (tertiary/aromatic N) is 2. The topological polar surface area (TPSA) is 96.0 Å². The Hall–Kier alpha value is -3.14. The second kappa shape index (κ2) is 12.4. The van der Waals surface area contributed by atoms with Crippen molar-refractivity contribution in [2.24, 2.45) is 0 Å². The highest BCUT2D eigenvalue weighted by Crippen LogP contribution is 2.22. The summed E-state index contributed by atoms with van der Waals surface area (Å²) in [5.74, 6) is -0.395. The van der Waals surface area contributed by atoms with E-state index in [1.54, 1.807) is 43.3 Å². The number of amides is 2. The number of benzene rings is 2. The van der Waals surface area contributed by atoms with Crippen molar-refractivity contribution in [3.8, 4) is 5.75 Å². The first-order valence-electron chi connectivity index (χ1n) is 11.0. The summed E-state index contributed by atoms with van der Waals surface area (Å²) >= 11 is 0. The van der Waals surface area contributed by atoms with Crippen molar-refractivity contribution in [2.45, 2.75) is 39.3 Å². The number of sulfonamides is 1. The maximum Gasteiger partial charge on any atom is 0.242 e. The van der Waals surface area contributed by atoms with Gasteiger partial charge in [-0.1, -0.05) is 12.1 Å². The van der Waals surface area contributed by atoms with Gasteiger partial charge in [-0.05, 0) is 62.2 Å². The molecule has 0 aliphatic carbocycles. The van der Waals surface area contributed by atoms with Crippen LogP contribution in [0.4, 0.5) is 10.1 Å². The standard InChI is InChI=1S/C24H32FN3O5S/c1-5-33-22-14-12-21(13-15-22)28(34(4,31)32)16-6-7-23(29)27(18(2)24(30)26-3)17-19-8-10-20(25)11-9-19/h8-15,18H,5-7,16-17H2,1-4H3,(H,26,30). The van der Waals surface area contributed by atoms with Crippen LogP contribution in [0.1, 0.15) is 32.3 Å². The van der Waals surface area contributed by atoms with Gasteiger partial charge in [0.05, 0.1) is 18.6 Å². The maximum atomic E-state index is 13.3. The van der Waals surface area contributed by atoms with E-state index in [1.165, 1.54) is 28.4 Å². The summed E-state index contributed by atoms with van der Waals surface area (Å²) in [4.78, 5) is 26.7. The van der Waals surface area contributed by atoms with Crippen molar-refractivity contribution >= 4 is 27.5 Å². The number of carbonyl (C=O) groups excluding carboxylic acids is 2. The summed E-state index contributed by atoms with van der Waals surface area (Å²) in [6, 6.07) is 11.7. The molecule has 2 rings (SSSR count). The minimum atomic E-state index is -3.58. The third-order valence-corrected chi connectivity index (χ3v) is 6.46. The molecule has 1 unspecified atom stereocenters. The van der Waals surface area contributed by atoms with Crippen LogP contribution in [0.3, 0.4) is 0 Å². The van der Waals surface area contributed by atoms with Gasteiger partial charge in [-0.15, -0.1) is 0 Å². The Balaban J connectivity index is 2.12. The minimum absolute atomic E-state index is 0.0333. The number of rotatable bonds is 12. The van der Waals surface area contributed by atoms with Crippen LogP contribution in [0.5, 0.6) is 5.75 Å². The molecule has 2 aromatic rings. The summed E-state index contributed by atoms with van der Waals surface area (Å²) in [6.45, 7) is 4.20. The van der Waals surface area contributed by atoms with E-state index in [0.29, 0.717) is 23.6 Å². The van der Waals surface area contributed by atoms with Crippen LogP contribution in [0.15, 0.2) is 48.5 Å². The van der Waals surface area contributed by atoms with E-state index in [2.05, 4.69) is 5.32 Å². The molecule has 1 atom stereocenters. The van der Waals surface area contributed by atoms with Gasteiger partial charge >= 0.3 is 0 Å². The van der Waals surface area contributed by atoms with Crippen molar-refractivity contribution < 1.29 is 27.1 Å². The lowest BCUT2D eigenvalue weighted by Gasteiger charge is -2.29. The lowest BCUT2D eigenvalue weighted by Crippen LogP contribution is -2.46. The van der Waals surface area contributed by atoms with E-state index < -0.39 is 21.9 Å². The largest absolute Gasteiger partial charge is 0.494 e. The Morgan fingerprint density at radius 3 is 2.24 bits per heavy atom. The fourth-order valence-electron chi connectivity index (χ4n) is 3.46. The molecule has 2 aromatic carbocycles. The second-order valence-electron chi connectivity index (χ2n) is 7.80. The number of ether oxygens (including phenoxy) is 1. The van der Waals surface area contributed by atoms with Crippen molar-refractivity contribution in [2.75, 3.05) is 30.8 Å². The van der Waals surface area contributed by atoms with Crippen LogP contribution < -0.4 is 14.4 Å². The van der Waals surface area contributed by atoms with Gasteiger partial charge in [-0.25, -0.2) is 12.8 Å². The summed E-state index contributed by atoms with van der Waals surface area (Å²) in [5.41, 5.74) is 1.15. The number of halogens is 1. The zero-order chi connectivity index (χ0) is 25.3. The highest BCUT2D eigenvalue weighted by molar-refractivity contribution is 7.92. The van der Waals surface area contributed by atoms with Crippen molar-refractivity contribution in [1.29, 1.82) is 0 Å². The number of hydrogen-bond acceptors (Lipinski definition) is 5. The number of carbonyl (C=O) groups is 2. The van der Waals surface area contributed by atoms with Gasteiger partial charge in [-0.3, -0.25) is 13.9 Å². The average Bonchev–Trinajstić information content (AvgIpc) is 2.80. The Morgan fingerprint density at radius 2 is 1.71 bits per heavy atom.